The van der Waals surface area contributed by atoms with E-state index in [0.717, 1.165) is 13.1 Å². The minimum Gasteiger partial charge on any atom is -0.481 e. The Labute approximate surface area is 213 Å². The van der Waals surface area contributed by atoms with Crippen molar-refractivity contribution in [2.45, 2.75) is 46.7 Å². The van der Waals surface area contributed by atoms with Gasteiger partial charge in [-0.1, -0.05) is 28.9 Å². The van der Waals surface area contributed by atoms with Crippen molar-refractivity contribution in [1.29, 1.82) is 0 Å². The summed E-state index contributed by atoms with van der Waals surface area (Å²) in [6.07, 6.45) is 2.71. The van der Waals surface area contributed by atoms with Gasteiger partial charge in [0.25, 0.3) is 0 Å². The molecule has 0 aromatic rings. The lowest BCUT2D eigenvalue weighted by atomic mass is 9.71. The van der Waals surface area contributed by atoms with E-state index in [1.165, 1.54) is 16.7 Å². The fraction of sp³-hybridized carbons (Fsp3) is 0.783. The highest BCUT2D eigenvalue weighted by atomic mass is 79.9. The van der Waals surface area contributed by atoms with Crippen LogP contribution in [0.2, 0.25) is 0 Å². The number of carbonyl (C=O) groups is 3. The SMILES string of the molecule is C=CCN(CCN1CCOCC1)C(=O)C1N([C@@H](CC)CO)C(=O)[C@@H]2[C@H](C(=O)O)[C@H]3SC12CC3Br. The maximum atomic E-state index is 14.2. The summed E-state index contributed by atoms with van der Waals surface area (Å²) in [4.78, 5) is 45.6. The summed E-state index contributed by atoms with van der Waals surface area (Å²) < 4.78 is 4.60. The van der Waals surface area contributed by atoms with E-state index in [-0.39, 0.29) is 28.5 Å². The number of carboxylic acid groups (broad SMARTS) is 1. The number of aliphatic carboxylic acids is 1. The Morgan fingerprint density at radius 3 is 2.71 bits per heavy atom. The van der Waals surface area contributed by atoms with Crippen molar-refractivity contribution < 1.29 is 29.3 Å². The summed E-state index contributed by atoms with van der Waals surface area (Å²) in [5.41, 5.74) is 0. The highest BCUT2D eigenvalue weighted by molar-refractivity contribution is 9.09. The van der Waals surface area contributed by atoms with Gasteiger partial charge in [-0.05, 0) is 12.8 Å². The molecule has 34 heavy (non-hydrogen) atoms. The Balaban J connectivity index is 1.68. The molecule has 0 aliphatic carbocycles. The van der Waals surface area contributed by atoms with Crippen molar-refractivity contribution in [3.8, 4) is 0 Å². The molecule has 11 heteroatoms. The van der Waals surface area contributed by atoms with Gasteiger partial charge in [0.1, 0.15) is 6.04 Å². The zero-order valence-corrected chi connectivity index (χ0v) is 21.9. The zero-order chi connectivity index (χ0) is 24.6. The van der Waals surface area contributed by atoms with E-state index in [2.05, 4.69) is 27.4 Å². The number of morpholine rings is 1. The Morgan fingerprint density at radius 2 is 2.12 bits per heavy atom. The maximum absolute atomic E-state index is 14.2. The Morgan fingerprint density at radius 1 is 1.41 bits per heavy atom. The van der Waals surface area contributed by atoms with Crippen molar-refractivity contribution in [2.75, 3.05) is 52.5 Å². The number of ether oxygens (including phenoxy) is 1. The van der Waals surface area contributed by atoms with Crippen LogP contribution < -0.4 is 0 Å². The van der Waals surface area contributed by atoms with Crippen LogP contribution in [0.25, 0.3) is 0 Å². The van der Waals surface area contributed by atoms with Crippen LogP contribution in [-0.2, 0) is 19.1 Å². The van der Waals surface area contributed by atoms with Crippen molar-refractivity contribution in [3.05, 3.63) is 12.7 Å². The van der Waals surface area contributed by atoms with E-state index in [1.807, 2.05) is 6.92 Å². The fourth-order valence-electron chi connectivity index (χ4n) is 6.14. The van der Waals surface area contributed by atoms with Crippen LogP contribution in [0.3, 0.4) is 0 Å². The summed E-state index contributed by atoms with van der Waals surface area (Å²) in [7, 11) is 0. The predicted molar refractivity (Wildman–Crippen MR) is 132 cm³/mol. The normalized spacial score (nSPS) is 35.9. The number of carboxylic acids is 1. The van der Waals surface area contributed by atoms with E-state index in [4.69, 9.17) is 4.74 Å². The number of hydrogen-bond donors (Lipinski definition) is 2. The van der Waals surface area contributed by atoms with Crippen LogP contribution in [0.15, 0.2) is 12.7 Å². The first-order chi connectivity index (χ1) is 16.3. The number of alkyl halides is 1. The zero-order valence-electron chi connectivity index (χ0n) is 19.5. The molecule has 4 rings (SSSR count). The van der Waals surface area contributed by atoms with Crippen LogP contribution in [0.1, 0.15) is 19.8 Å². The minimum absolute atomic E-state index is 0.0895. The van der Waals surface area contributed by atoms with Crippen LogP contribution in [0, 0.1) is 11.8 Å². The smallest absolute Gasteiger partial charge is 0.308 e. The Kier molecular flexibility index (Phi) is 7.98. The van der Waals surface area contributed by atoms with Gasteiger partial charge < -0.3 is 24.7 Å². The van der Waals surface area contributed by atoms with Crippen LogP contribution in [0.4, 0.5) is 0 Å². The third-order valence-electron chi connectivity index (χ3n) is 7.77. The number of hydrogen-bond acceptors (Lipinski definition) is 7. The molecule has 3 unspecified atom stereocenters. The van der Waals surface area contributed by atoms with Crippen LogP contribution >= 0.6 is 27.7 Å². The van der Waals surface area contributed by atoms with Gasteiger partial charge in [-0.3, -0.25) is 19.3 Å². The van der Waals surface area contributed by atoms with Gasteiger partial charge in [0.05, 0.1) is 42.4 Å². The predicted octanol–water partition coefficient (Wildman–Crippen LogP) is 0.653. The molecular formula is C23H34BrN3O6S. The highest BCUT2D eigenvalue weighted by Gasteiger charge is 2.76. The molecule has 190 valence electrons. The quantitative estimate of drug-likeness (QED) is 0.296. The molecule has 4 fully saturated rings. The standard InChI is InChI=1S/C23H34BrN3O6S/c1-3-5-26(7-6-25-8-10-33-11-9-25)21(30)19-23-12-15(24)18(34-23)16(22(31)32)17(23)20(29)27(19)14(4-2)13-28/h3,14-19,28H,1,4-13H2,2H3,(H,31,32)/t14-,15?,16-,17-,18-,19?,23?/m0/s1. The van der Waals surface area contributed by atoms with Gasteiger partial charge in [0.2, 0.25) is 11.8 Å². The molecule has 0 radical (unpaired) electrons. The van der Waals surface area contributed by atoms with Crippen molar-refractivity contribution in [2.24, 2.45) is 11.8 Å². The molecule has 9 nitrogen and oxygen atoms in total. The Bertz CT molecular complexity index is 823. The number of aliphatic hydroxyl groups is 1. The lowest BCUT2D eigenvalue weighted by Gasteiger charge is -2.40. The second kappa shape index (κ2) is 10.5. The number of likely N-dealkylation sites (tertiary alicyclic amines) is 1. The number of halogens is 1. The highest BCUT2D eigenvalue weighted by Crippen LogP contribution is 2.68. The van der Waals surface area contributed by atoms with Gasteiger partial charge in [-0.15, -0.1) is 18.3 Å². The third-order valence-corrected chi connectivity index (χ3v) is 11.0. The number of nitrogens with zero attached hydrogens (tertiary/aromatic N) is 3. The van der Waals surface area contributed by atoms with Gasteiger partial charge in [-0.2, -0.15) is 0 Å². The second-order valence-corrected chi connectivity index (χ2v) is 12.2. The molecule has 0 saturated carbocycles. The molecule has 0 aromatic heterocycles. The fourth-order valence-corrected chi connectivity index (χ4v) is 9.73. The van der Waals surface area contributed by atoms with Crippen LogP contribution in [0.5, 0.6) is 0 Å². The molecule has 2 N–H and O–H groups in total. The summed E-state index contributed by atoms with van der Waals surface area (Å²) in [6.45, 7) is 9.88. The molecule has 4 saturated heterocycles. The molecule has 2 bridgehead atoms. The number of amides is 2. The van der Waals surface area contributed by atoms with Crippen molar-refractivity contribution >= 4 is 45.5 Å². The van der Waals surface area contributed by atoms with Gasteiger partial charge in [0.15, 0.2) is 0 Å². The molecule has 2 amide bonds. The maximum Gasteiger partial charge on any atom is 0.308 e. The monoisotopic (exact) mass is 559 g/mol. The molecule has 4 heterocycles. The number of fused-ring (bicyclic) bond motifs is 1. The second-order valence-electron chi connectivity index (χ2n) is 9.52. The molecule has 4 aliphatic rings. The van der Waals surface area contributed by atoms with E-state index >= 15 is 0 Å². The first kappa shape index (κ1) is 25.9. The number of rotatable bonds is 10. The number of thioether (sulfide) groups is 1. The van der Waals surface area contributed by atoms with E-state index < -0.39 is 34.6 Å². The number of carbonyl (C=O) groups excluding carboxylic acids is 2. The molecule has 1 spiro atoms. The van der Waals surface area contributed by atoms with Crippen LogP contribution in [-0.4, -0.2) is 122 Å². The summed E-state index contributed by atoms with van der Waals surface area (Å²) in [5, 5.41) is 19.8. The average molecular weight is 561 g/mol. The molecule has 7 atom stereocenters. The molecular weight excluding hydrogens is 526 g/mol. The lowest BCUT2D eigenvalue weighted by Crippen LogP contribution is -2.58. The topological polar surface area (TPSA) is 111 Å². The van der Waals surface area contributed by atoms with E-state index in [1.54, 1.807) is 11.0 Å². The summed E-state index contributed by atoms with van der Waals surface area (Å²) in [5.74, 6) is -3.12. The third kappa shape index (κ3) is 4.21. The van der Waals surface area contributed by atoms with Gasteiger partial charge in [0, 0.05) is 42.8 Å². The average Bonchev–Trinajstić information content (AvgIpc) is 3.42. The Hall–Kier alpha value is -1.14. The van der Waals surface area contributed by atoms with Gasteiger partial charge in [-0.25, -0.2) is 0 Å². The lowest BCUT2D eigenvalue weighted by molar-refractivity contribution is -0.149. The first-order valence-corrected chi connectivity index (χ1v) is 13.8. The largest absolute Gasteiger partial charge is 0.481 e. The first-order valence-electron chi connectivity index (χ1n) is 12.0. The minimum atomic E-state index is -0.998. The summed E-state index contributed by atoms with van der Waals surface area (Å²) in [6, 6.07) is -1.35. The van der Waals surface area contributed by atoms with Crippen molar-refractivity contribution in [3.63, 3.8) is 0 Å². The summed E-state index contributed by atoms with van der Waals surface area (Å²) >= 11 is 5.14. The number of aliphatic hydroxyl groups excluding tert-OH is 1. The van der Waals surface area contributed by atoms with Crippen molar-refractivity contribution in [1.82, 2.24) is 14.7 Å². The van der Waals surface area contributed by atoms with E-state index in [0.29, 0.717) is 45.7 Å². The van der Waals surface area contributed by atoms with Gasteiger partial charge >= 0.3 is 5.97 Å². The molecule has 4 aliphatic heterocycles. The molecule has 0 aromatic carbocycles. The van der Waals surface area contributed by atoms with E-state index in [9.17, 15) is 24.6 Å².